The van der Waals surface area contributed by atoms with Crippen molar-refractivity contribution < 1.29 is 29.0 Å². The molecule has 5 rings (SSSR count). The lowest BCUT2D eigenvalue weighted by atomic mass is 9.94. The first kappa shape index (κ1) is 29.3. The van der Waals surface area contributed by atoms with Crippen molar-refractivity contribution in [3.8, 4) is 0 Å². The van der Waals surface area contributed by atoms with Crippen molar-refractivity contribution in [2.24, 2.45) is 0 Å². The van der Waals surface area contributed by atoms with Crippen molar-refractivity contribution in [3.63, 3.8) is 0 Å². The highest BCUT2D eigenvalue weighted by molar-refractivity contribution is 6.21. The van der Waals surface area contributed by atoms with Gasteiger partial charge < -0.3 is 19.6 Å². The molecule has 3 aliphatic heterocycles. The van der Waals surface area contributed by atoms with Crippen LogP contribution in [0.25, 0.3) is 0 Å². The lowest BCUT2D eigenvalue weighted by Crippen LogP contribution is -2.49. The molecule has 1 N–H and O–H groups in total. The van der Waals surface area contributed by atoms with E-state index in [1.54, 1.807) is 34.1 Å². The highest BCUT2D eigenvalue weighted by Crippen LogP contribution is 2.42. The molecule has 2 aromatic carbocycles. The van der Waals surface area contributed by atoms with Crippen LogP contribution in [0.5, 0.6) is 0 Å². The van der Waals surface area contributed by atoms with Crippen molar-refractivity contribution in [3.05, 3.63) is 65.2 Å². The zero-order valence-electron chi connectivity index (χ0n) is 23.9. The number of carbonyl (C=O) groups excluding carboxylic acids is 4. The Morgan fingerprint density at radius 1 is 0.950 bits per heavy atom. The number of benzene rings is 2. The van der Waals surface area contributed by atoms with E-state index in [-0.39, 0.29) is 31.0 Å². The van der Waals surface area contributed by atoms with E-state index in [0.717, 1.165) is 16.2 Å². The number of likely N-dealkylation sites (tertiary alicyclic amines) is 1. The molecular formula is C31H39N3O6. The first-order valence-electron chi connectivity index (χ1n) is 14.1. The Morgan fingerprint density at radius 2 is 1.50 bits per heavy atom. The number of aliphatic hydroxyl groups excluding tert-OH is 1. The van der Waals surface area contributed by atoms with Crippen molar-refractivity contribution in [1.82, 2.24) is 9.80 Å². The largest absolute Gasteiger partial charge is 0.444 e. The standard InChI is InChI=1S/C29H33N3O6.C2H6/c1-29(2,3)38-28(37)30-14-12-18(13-15-30)32-24-11-7-6-8-20(24)23(27(32)36)16-19(33)17-31-25(34)21-9-4-5-10-22(21)26(31)35;1-2/h4-11,18-19,23,33H,12-17H2,1-3H3;1-2H3. The van der Waals surface area contributed by atoms with E-state index in [1.165, 1.54) is 0 Å². The predicted octanol–water partition coefficient (Wildman–Crippen LogP) is 4.59. The highest BCUT2D eigenvalue weighted by Gasteiger charge is 2.44. The fraction of sp³-hybridized carbons (Fsp3) is 0.484. The van der Waals surface area contributed by atoms with Crippen LogP contribution >= 0.6 is 0 Å². The van der Waals surface area contributed by atoms with Gasteiger partial charge in [0.2, 0.25) is 5.91 Å². The predicted molar refractivity (Wildman–Crippen MR) is 151 cm³/mol. The Hall–Kier alpha value is -3.72. The average Bonchev–Trinajstić information content (AvgIpc) is 3.34. The van der Waals surface area contributed by atoms with Crippen molar-refractivity contribution in [2.45, 2.75) is 77.5 Å². The molecule has 9 heteroatoms. The number of piperidine rings is 1. The summed E-state index contributed by atoms with van der Waals surface area (Å²) in [7, 11) is 0. The van der Waals surface area contributed by atoms with Gasteiger partial charge in [-0.05, 0) is 63.8 Å². The van der Waals surface area contributed by atoms with E-state index in [2.05, 4.69) is 0 Å². The average molecular weight is 550 g/mol. The Labute approximate surface area is 235 Å². The molecule has 0 radical (unpaired) electrons. The SMILES string of the molecule is CC.CC(C)(C)OC(=O)N1CCC(N2C(=O)C(CC(O)CN3C(=O)c4ccccc4C3=O)c3ccccc32)CC1. The van der Waals surface area contributed by atoms with Crippen LogP contribution in [0, 0.1) is 0 Å². The lowest BCUT2D eigenvalue weighted by Gasteiger charge is -2.37. The number of imide groups is 1. The molecule has 1 saturated heterocycles. The molecule has 40 heavy (non-hydrogen) atoms. The molecule has 9 nitrogen and oxygen atoms in total. The smallest absolute Gasteiger partial charge is 0.410 e. The molecule has 2 aromatic rings. The third-order valence-corrected chi connectivity index (χ3v) is 7.37. The Morgan fingerprint density at radius 3 is 2.08 bits per heavy atom. The monoisotopic (exact) mass is 549 g/mol. The summed E-state index contributed by atoms with van der Waals surface area (Å²) >= 11 is 0. The first-order chi connectivity index (χ1) is 19.0. The van der Waals surface area contributed by atoms with Crippen LogP contribution < -0.4 is 4.90 Å². The molecule has 214 valence electrons. The second-order valence-corrected chi connectivity index (χ2v) is 11.2. The normalized spacial score (nSPS) is 19.7. The minimum Gasteiger partial charge on any atom is -0.444 e. The number of β-amino-alcohol motifs (C(OH)–C–C–N with tert-alkyl or cyclic N) is 1. The van der Waals surface area contributed by atoms with Crippen LogP contribution in [0.15, 0.2) is 48.5 Å². The highest BCUT2D eigenvalue weighted by atomic mass is 16.6. The Balaban J connectivity index is 0.00000181. The van der Waals surface area contributed by atoms with Crippen molar-refractivity contribution in [2.75, 3.05) is 24.5 Å². The topological polar surface area (TPSA) is 107 Å². The van der Waals surface area contributed by atoms with Gasteiger partial charge in [-0.15, -0.1) is 0 Å². The summed E-state index contributed by atoms with van der Waals surface area (Å²) in [6.07, 6.45) is -0.0875. The summed E-state index contributed by atoms with van der Waals surface area (Å²) in [5, 5.41) is 10.9. The van der Waals surface area contributed by atoms with E-state index in [4.69, 9.17) is 4.74 Å². The van der Waals surface area contributed by atoms with Gasteiger partial charge in [0.25, 0.3) is 11.8 Å². The third-order valence-electron chi connectivity index (χ3n) is 7.37. The molecule has 3 heterocycles. The minimum absolute atomic E-state index is 0.0827. The third kappa shape index (κ3) is 5.75. The number of fused-ring (bicyclic) bond motifs is 2. The fourth-order valence-corrected chi connectivity index (χ4v) is 5.62. The first-order valence-corrected chi connectivity index (χ1v) is 14.1. The number of amides is 4. The number of hydrogen-bond acceptors (Lipinski definition) is 6. The number of nitrogens with zero attached hydrogens (tertiary/aromatic N) is 3. The fourth-order valence-electron chi connectivity index (χ4n) is 5.62. The molecule has 0 saturated carbocycles. The van der Waals surface area contributed by atoms with Crippen LogP contribution in [-0.2, 0) is 9.53 Å². The van der Waals surface area contributed by atoms with Gasteiger partial charge in [0.05, 0.1) is 29.7 Å². The quantitative estimate of drug-likeness (QED) is 0.547. The van der Waals surface area contributed by atoms with Gasteiger partial charge in [0.15, 0.2) is 0 Å². The molecule has 1 fully saturated rings. The maximum atomic E-state index is 13.7. The van der Waals surface area contributed by atoms with Gasteiger partial charge in [-0.1, -0.05) is 44.2 Å². The molecule has 2 atom stereocenters. The molecule has 4 amide bonds. The van der Waals surface area contributed by atoms with Crippen LogP contribution in [-0.4, -0.2) is 76.1 Å². The Bertz CT molecular complexity index is 1240. The molecular weight excluding hydrogens is 510 g/mol. The molecule has 3 aliphatic rings. The van der Waals surface area contributed by atoms with Crippen LogP contribution in [0.4, 0.5) is 10.5 Å². The van der Waals surface area contributed by atoms with Gasteiger partial charge in [0, 0.05) is 24.8 Å². The van der Waals surface area contributed by atoms with Crippen molar-refractivity contribution in [1.29, 1.82) is 0 Å². The maximum Gasteiger partial charge on any atom is 0.410 e. The summed E-state index contributed by atoms with van der Waals surface area (Å²) in [5.41, 5.74) is 1.73. The molecule has 0 spiro atoms. The number of aliphatic hydroxyl groups is 1. The van der Waals surface area contributed by atoms with E-state index >= 15 is 0 Å². The second-order valence-electron chi connectivity index (χ2n) is 11.2. The summed E-state index contributed by atoms with van der Waals surface area (Å²) in [6, 6.07) is 14.1. The van der Waals surface area contributed by atoms with Gasteiger partial charge in [0.1, 0.15) is 5.60 Å². The van der Waals surface area contributed by atoms with Crippen LogP contribution in [0.2, 0.25) is 0 Å². The lowest BCUT2D eigenvalue weighted by molar-refractivity contribution is -0.120. The number of rotatable bonds is 5. The number of para-hydroxylation sites is 1. The van der Waals surface area contributed by atoms with E-state index < -0.39 is 29.4 Å². The van der Waals surface area contributed by atoms with Gasteiger partial charge in [-0.25, -0.2) is 4.79 Å². The number of hydrogen-bond donors (Lipinski definition) is 1. The summed E-state index contributed by atoms with van der Waals surface area (Å²) in [5.74, 6) is -1.55. The molecule has 0 aliphatic carbocycles. The van der Waals surface area contributed by atoms with E-state index in [0.29, 0.717) is 37.1 Å². The summed E-state index contributed by atoms with van der Waals surface area (Å²) in [4.78, 5) is 56.2. The number of carbonyl (C=O) groups is 4. The van der Waals surface area contributed by atoms with E-state index in [9.17, 15) is 24.3 Å². The van der Waals surface area contributed by atoms with Gasteiger partial charge in [-0.2, -0.15) is 0 Å². The van der Waals surface area contributed by atoms with E-state index in [1.807, 2.05) is 58.9 Å². The second kappa shape index (κ2) is 11.8. The summed E-state index contributed by atoms with van der Waals surface area (Å²) < 4.78 is 5.49. The Kier molecular flexibility index (Phi) is 8.63. The van der Waals surface area contributed by atoms with Gasteiger partial charge in [-0.3, -0.25) is 19.3 Å². The molecule has 0 aromatic heterocycles. The molecule has 2 unspecified atom stereocenters. The maximum absolute atomic E-state index is 13.7. The van der Waals surface area contributed by atoms with Gasteiger partial charge >= 0.3 is 6.09 Å². The van der Waals surface area contributed by atoms with Crippen LogP contribution in [0.3, 0.4) is 0 Å². The minimum atomic E-state index is -1.06. The number of anilines is 1. The summed E-state index contributed by atoms with van der Waals surface area (Å²) in [6.45, 7) is 10.3. The van der Waals surface area contributed by atoms with Crippen LogP contribution in [0.1, 0.15) is 86.1 Å². The zero-order valence-corrected chi connectivity index (χ0v) is 23.9. The number of ether oxygens (including phenoxy) is 1. The molecule has 0 bridgehead atoms. The van der Waals surface area contributed by atoms with Crippen molar-refractivity contribution >= 4 is 29.5 Å². The zero-order chi connectivity index (χ0) is 29.2.